The van der Waals surface area contributed by atoms with Crippen molar-refractivity contribution in [2.75, 3.05) is 13.6 Å². The van der Waals surface area contributed by atoms with Gasteiger partial charge in [0.1, 0.15) is 5.82 Å². The standard InChI is InChI=1S/C18H22FN/c1-14-3-5-15(6-4-14)11-17(13-20-2)12-16-7-9-18(19)10-8-16/h3-10,17,20H,11-13H2,1-2H3. The maximum Gasteiger partial charge on any atom is 0.123 e. The average molecular weight is 271 g/mol. The molecule has 1 unspecified atom stereocenters. The first-order chi connectivity index (χ1) is 9.67. The minimum Gasteiger partial charge on any atom is -0.319 e. The fraction of sp³-hybridized carbons (Fsp3) is 0.333. The van der Waals surface area contributed by atoms with Gasteiger partial charge < -0.3 is 5.32 Å². The number of benzene rings is 2. The van der Waals surface area contributed by atoms with Crippen LogP contribution in [0.15, 0.2) is 48.5 Å². The number of nitrogens with one attached hydrogen (secondary N) is 1. The van der Waals surface area contributed by atoms with Crippen LogP contribution in [0.3, 0.4) is 0 Å². The molecule has 0 saturated carbocycles. The van der Waals surface area contributed by atoms with E-state index >= 15 is 0 Å². The molecule has 1 atom stereocenters. The summed E-state index contributed by atoms with van der Waals surface area (Å²) in [5, 5.41) is 3.26. The van der Waals surface area contributed by atoms with E-state index in [0.29, 0.717) is 5.92 Å². The van der Waals surface area contributed by atoms with Crippen LogP contribution in [0.25, 0.3) is 0 Å². The molecule has 106 valence electrons. The Labute approximate surface area is 120 Å². The summed E-state index contributed by atoms with van der Waals surface area (Å²) < 4.78 is 12.9. The predicted molar refractivity (Wildman–Crippen MR) is 82.4 cm³/mol. The molecule has 0 aliphatic heterocycles. The Morgan fingerprint density at radius 3 is 1.90 bits per heavy atom. The van der Waals surface area contributed by atoms with Crippen molar-refractivity contribution in [3.8, 4) is 0 Å². The Morgan fingerprint density at radius 2 is 1.40 bits per heavy atom. The van der Waals surface area contributed by atoms with Crippen LogP contribution in [0.2, 0.25) is 0 Å². The Bertz CT molecular complexity index is 469. The fourth-order valence-corrected chi connectivity index (χ4v) is 2.52. The van der Waals surface area contributed by atoms with Gasteiger partial charge in [-0.25, -0.2) is 4.39 Å². The molecule has 0 spiro atoms. The van der Waals surface area contributed by atoms with Gasteiger partial charge in [0.2, 0.25) is 0 Å². The van der Waals surface area contributed by atoms with Crippen molar-refractivity contribution in [2.45, 2.75) is 19.8 Å². The summed E-state index contributed by atoms with van der Waals surface area (Å²) in [5.41, 5.74) is 3.84. The largest absolute Gasteiger partial charge is 0.319 e. The summed E-state index contributed by atoms with van der Waals surface area (Å²) in [7, 11) is 1.98. The highest BCUT2D eigenvalue weighted by Crippen LogP contribution is 2.15. The zero-order valence-corrected chi connectivity index (χ0v) is 12.2. The topological polar surface area (TPSA) is 12.0 Å². The van der Waals surface area contributed by atoms with Gasteiger partial charge in [-0.2, -0.15) is 0 Å². The van der Waals surface area contributed by atoms with E-state index in [9.17, 15) is 4.39 Å². The lowest BCUT2D eigenvalue weighted by molar-refractivity contribution is 0.492. The van der Waals surface area contributed by atoms with Crippen LogP contribution < -0.4 is 5.32 Å². The summed E-state index contributed by atoms with van der Waals surface area (Å²) in [6.45, 7) is 3.07. The molecule has 0 aliphatic carbocycles. The monoisotopic (exact) mass is 271 g/mol. The third kappa shape index (κ3) is 4.46. The van der Waals surface area contributed by atoms with Crippen molar-refractivity contribution in [3.63, 3.8) is 0 Å². The first kappa shape index (κ1) is 14.7. The number of aryl methyl sites for hydroxylation is 1. The summed E-state index contributed by atoms with van der Waals surface area (Å²) in [6, 6.07) is 15.5. The zero-order valence-electron chi connectivity index (χ0n) is 12.2. The van der Waals surface area contributed by atoms with Crippen LogP contribution >= 0.6 is 0 Å². The van der Waals surface area contributed by atoms with Gasteiger partial charge in [-0.1, -0.05) is 42.0 Å². The molecule has 20 heavy (non-hydrogen) atoms. The van der Waals surface area contributed by atoms with E-state index in [-0.39, 0.29) is 5.82 Å². The van der Waals surface area contributed by atoms with Gasteiger partial charge in [-0.3, -0.25) is 0 Å². The Hall–Kier alpha value is -1.67. The van der Waals surface area contributed by atoms with Crippen LogP contribution in [0.1, 0.15) is 16.7 Å². The van der Waals surface area contributed by atoms with E-state index < -0.39 is 0 Å². The molecular formula is C18H22FN. The van der Waals surface area contributed by atoms with Crippen molar-refractivity contribution in [1.82, 2.24) is 5.32 Å². The van der Waals surface area contributed by atoms with Crippen LogP contribution in [0.5, 0.6) is 0 Å². The van der Waals surface area contributed by atoms with E-state index in [4.69, 9.17) is 0 Å². The lowest BCUT2D eigenvalue weighted by Crippen LogP contribution is -2.22. The van der Waals surface area contributed by atoms with Gasteiger partial charge in [-0.05, 0) is 62.5 Å². The van der Waals surface area contributed by atoms with Crippen molar-refractivity contribution in [3.05, 3.63) is 71.0 Å². The highest BCUT2D eigenvalue weighted by Gasteiger charge is 2.10. The lowest BCUT2D eigenvalue weighted by Gasteiger charge is -2.17. The molecule has 1 N–H and O–H groups in total. The Kier molecular flexibility index (Phi) is 5.31. The third-order valence-corrected chi connectivity index (χ3v) is 3.58. The fourth-order valence-electron chi connectivity index (χ4n) is 2.52. The highest BCUT2D eigenvalue weighted by molar-refractivity contribution is 5.23. The summed E-state index contributed by atoms with van der Waals surface area (Å²) in [4.78, 5) is 0. The normalized spacial score (nSPS) is 12.3. The maximum absolute atomic E-state index is 12.9. The van der Waals surface area contributed by atoms with E-state index in [1.54, 1.807) is 0 Å². The molecule has 2 heteroatoms. The molecule has 0 fully saturated rings. The smallest absolute Gasteiger partial charge is 0.123 e. The van der Waals surface area contributed by atoms with E-state index in [1.807, 2.05) is 19.2 Å². The SMILES string of the molecule is CNCC(Cc1ccc(C)cc1)Cc1ccc(F)cc1. The second kappa shape index (κ2) is 7.20. The molecule has 0 amide bonds. The molecule has 2 aromatic carbocycles. The minimum absolute atomic E-state index is 0.169. The summed E-state index contributed by atoms with van der Waals surface area (Å²) in [5.74, 6) is 0.352. The summed E-state index contributed by atoms with van der Waals surface area (Å²) in [6.07, 6.45) is 2.01. The molecule has 2 aromatic rings. The van der Waals surface area contributed by atoms with Gasteiger partial charge in [0.05, 0.1) is 0 Å². The molecule has 0 radical (unpaired) electrons. The van der Waals surface area contributed by atoms with Crippen LogP contribution in [-0.4, -0.2) is 13.6 Å². The quantitative estimate of drug-likeness (QED) is 0.843. The van der Waals surface area contributed by atoms with Gasteiger partial charge in [0.25, 0.3) is 0 Å². The zero-order chi connectivity index (χ0) is 14.4. The summed E-state index contributed by atoms with van der Waals surface area (Å²) >= 11 is 0. The van der Waals surface area contributed by atoms with Crippen molar-refractivity contribution in [2.24, 2.45) is 5.92 Å². The average Bonchev–Trinajstić information content (AvgIpc) is 2.44. The number of hydrogen-bond donors (Lipinski definition) is 1. The number of halogens is 1. The van der Waals surface area contributed by atoms with Crippen LogP contribution in [0, 0.1) is 18.7 Å². The molecule has 0 bridgehead atoms. The maximum atomic E-state index is 12.9. The highest BCUT2D eigenvalue weighted by atomic mass is 19.1. The van der Waals surface area contributed by atoms with Crippen LogP contribution in [-0.2, 0) is 12.8 Å². The first-order valence-corrected chi connectivity index (χ1v) is 7.12. The van der Waals surface area contributed by atoms with Crippen molar-refractivity contribution >= 4 is 0 Å². The molecule has 0 aliphatic rings. The van der Waals surface area contributed by atoms with Gasteiger partial charge >= 0.3 is 0 Å². The number of rotatable bonds is 6. The molecule has 1 nitrogen and oxygen atoms in total. The van der Waals surface area contributed by atoms with E-state index in [0.717, 1.165) is 19.4 Å². The third-order valence-electron chi connectivity index (χ3n) is 3.58. The molecule has 0 aromatic heterocycles. The minimum atomic E-state index is -0.169. The Balaban J connectivity index is 2.02. The van der Waals surface area contributed by atoms with Gasteiger partial charge in [0, 0.05) is 0 Å². The lowest BCUT2D eigenvalue weighted by atomic mass is 9.92. The van der Waals surface area contributed by atoms with E-state index in [1.165, 1.54) is 28.8 Å². The second-order valence-corrected chi connectivity index (χ2v) is 5.44. The molecule has 0 heterocycles. The molecule has 2 rings (SSSR count). The first-order valence-electron chi connectivity index (χ1n) is 7.12. The van der Waals surface area contributed by atoms with Gasteiger partial charge in [-0.15, -0.1) is 0 Å². The molecule has 0 saturated heterocycles. The predicted octanol–water partition coefficient (Wildman–Crippen LogP) is 3.75. The van der Waals surface area contributed by atoms with E-state index in [2.05, 4.69) is 36.5 Å². The second-order valence-electron chi connectivity index (χ2n) is 5.44. The van der Waals surface area contributed by atoms with Crippen molar-refractivity contribution in [1.29, 1.82) is 0 Å². The Morgan fingerprint density at radius 1 is 0.900 bits per heavy atom. The molecular weight excluding hydrogens is 249 g/mol. The van der Waals surface area contributed by atoms with Crippen molar-refractivity contribution < 1.29 is 4.39 Å². The van der Waals surface area contributed by atoms with Gasteiger partial charge in [0.15, 0.2) is 0 Å². The van der Waals surface area contributed by atoms with Crippen LogP contribution in [0.4, 0.5) is 4.39 Å². The number of hydrogen-bond acceptors (Lipinski definition) is 1.